The van der Waals surface area contributed by atoms with E-state index in [0.717, 1.165) is 53.8 Å². The maximum atomic E-state index is 13.8. The number of nitrogens with one attached hydrogen (secondary N) is 2. The van der Waals surface area contributed by atoms with Gasteiger partial charge in [0, 0.05) is 38.4 Å². The molecule has 0 bridgehead atoms. The second kappa shape index (κ2) is 17.1. The Balaban J connectivity index is 1.52. The molecule has 0 saturated carbocycles. The predicted molar refractivity (Wildman–Crippen MR) is 171 cm³/mol. The number of amides is 3. The molecule has 2 heterocycles. The van der Waals surface area contributed by atoms with E-state index < -0.39 is 23.6 Å². The van der Waals surface area contributed by atoms with Crippen LogP contribution in [0.25, 0.3) is 10.4 Å². The summed E-state index contributed by atoms with van der Waals surface area (Å²) >= 11 is 7.19. The zero-order valence-electron chi connectivity index (χ0n) is 25.9. The van der Waals surface area contributed by atoms with Gasteiger partial charge in [0.1, 0.15) is 12.1 Å². The van der Waals surface area contributed by atoms with Crippen LogP contribution in [0.3, 0.4) is 0 Å². The first-order chi connectivity index (χ1) is 20.5. The molecule has 1 fully saturated rings. The van der Waals surface area contributed by atoms with Crippen molar-refractivity contribution >= 4 is 40.7 Å². The molecule has 1 aromatic heterocycles. The monoisotopic (exact) mass is 634 g/mol. The third-order valence-corrected chi connectivity index (χ3v) is 8.76. The van der Waals surface area contributed by atoms with Gasteiger partial charge in [0.15, 0.2) is 0 Å². The van der Waals surface area contributed by atoms with Gasteiger partial charge in [-0.25, -0.2) is 4.98 Å². The van der Waals surface area contributed by atoms with Gasteiger partial charge in [0.05, 0.1) is 28.8 Å². The van der Waals surface area contributed by atoms with Gasteiger partial charge in [0.2, 0.25) is 17.7 Å². The number of benzene rings is 1. The molecule has 1 saturated heterocycles. The van der Waals surface area contributed by atoms with Crippen molar-refractivity contribution in [1.82, 2.24) is 20.5 Å². The Morgan fingerprint density at radius 2 is 1.81 bits per heavy atom. The van der Waals surface area contributed by atoms with Gasteiger partial charge >= 0.3 is 0 Å². The summed E-state index contributed by atoms with van der Waals surface area (Å²) in [7, 11) is 0. The second-order valence-electron chi connectivity index (χ2n) is 12.3. The normalized spacial score (nSPS) is 17.6. The summed E-state index contributed by atoms with van der Waals surface area (Å²) in [5, 5.41) is 16.3. The van der Waals surface area contributed by atoms with E-state index in [1.807, 2.05) is 57.5 Å². The highest BCUT2D eigenvalue weighted by Crippen LogP contribution is 2.28. The fourth-order valence-electron chi connectivity index (χ4n) is 5.19. The van der Waals surface area contributed by atoms with Crippen molar-refractivity contribution in [3.63, 3.8) is 0 Å². The number of aliphatic hydroxyl groups excluding tert-OH is 1. The fourth-order valence-corrected chi connectivity index (χ4v) is 6.11. The van der Waals surface area contributed by atoms with Crippen LogP contribution < -0.4 is 10.6 Å². The Morgan fingerprint density at radius 1 is 1.12 bits per heavy atom. The molecule has 238 valence electrons. The molecular weight excluding hydrogens is 588 g/mol. The number of aromatic nitrogens is 1. The maximum absolute atomic E-state index is 13.8. The van der Waals surface area contributed by atoms with Gasteiger partial charge < -0.3 is 25.4 Å². The highest BCUT2D eigenvalue weighted by atomic mass is 35.5. The summed E-state index contributed by atoms with van der Waals surface area (Å²) in [6, 6.07) is 6.31. The summed E-state index contributed by atoms with van der Waals surface area (Å²) in [4.78, 5) is 46.7. The van der Waals surface area contributed by atoms with Crippen LogP contribution in [0.5, 0.6) is 0 Å². The van der Waals surface area contributed by atoms with E-state index in [2.05, 4.69) is 15.6 Å². The smallest absolute Gasteiger partial charge is 0.246 e. The third kappa shape index (κ3) is 10.8. The van der Waals surface area contributed by atoms with Gasteiger partial charge in [-0.15, -0.1) is 22.9 Å². The molecule has 1 aliphatic heterocycles. The first kappa shape index (κ1) is 35.0. The molecular formula is C32H47ClN4O5S. The summed E-state index contributed by atoms with van der Waals surface area (Å²) in [6.07, 6.45) is 4.35. The molecule has 3 N–H and O–H groups in total. The number of alkyl halides is 1. The van der Waals surface area contributed by atoms with Gasteiger partial charge in [-0.3, -0.25) is 14.4 Å². The fraction of sp³-hybridized carbons (Fsp3) is 0.625. The number of ether oxygens (including phenoxy) is 1. The standard InChI is InChI=1S/C32H47ClN4O5S/c1-22-28(43-21-35-22)24-13-11-23(12-14-24)19-34-30(40)26-18-25(38)20-37(26)31(41)29(32(2,3)4)36-27(39)10-8-6-5-7-9-16-42-17-15-33/h11-14,21,25-26,29,38H,5-10,15-20H2,1-4H3,(H,34,40)(H,36,39)/t25-,26+,29-/m1/s1. The van der Waals surface area contributed by atoms with Gasteiger partial charge in [0.25, 0.3) is 0 Å². The minimum atomic E-state index is -0.817. The lowest BCUT2D eigenvalue weighted by molar-refractivity contribution is -0.144. The van der Waals surface area contributed by atoms with E-state index in [1.165, 1.54) is 4.90 Å². The number of hydrogen-bond acceptors (Lipinski definition) is 7. The van der Waals surface area contributed by atoms with Gasteiger partial charge in [-0.05, 0) is 36.3 Å². The second-order valence-corrected chi connectivity index (χ2v) is 13.5. The van der Waals surface area contributed by atoms with Crippen molar-refractivity contribution in [2.24, 2.45) is 5.41 Å². The zero-order valence-corrected chi connectivity index (χ0v) is 27.4. The van der Waals surface area contributed by atoms with Crippen molar-refractivity contribution in [1.29, 1.82) is 0 Å². The molecule has 11 heteroatoms. The van der Waals surface area contributed by atoms with Crippen LogP contribution in [0.15, 0.2) is 29.8 Å². The topological polar surface area (TPSA) is 121 Å². The molecule has 0 radical (unpaired) electrons. The number of carbonyl (C=O) groups is 3. The molecule has 0 aliphatic carbocycles. The molecule has 2 aromatic rings. The third-order valence-electron chi connectivity index (χ3n) is 7.63. The minimum absolute atomic E-state index is 0.0525. The Labute approximate surface area is 264 Å². The van der Waals surface area contributed by atoms with E-state index >= 15 is 0 Å². The highest BCUT2D eigenvalue weighted by Gasteiger charge is 2.44. The molecule has 9 nitrogen and oxygen atoms in total. The van der Waals surface area contributed by atoms with Gasteiger partial charge in [-0.1, -0.05) is 64.3 Å². The Hall–Kier alpha value is -2.53. The van der Waals surface area contributed by atoms with E-state index in [9.17, 15) is 19.5 Å². The lowest BCUT2D eigenvalue weighted by Gasteiger charge is -2.35. The first-order valence-corrected chi connectivity index (χ1v) is 16.6. The Morgan fingerprint density at radius 3 is 2.47 bits per heavy atom. The lowest BCUT2D eigenvalue weighted by Crippen LogP contribution is -2.57. The van der Waals surface area contributed by atoms with Crippen molar-refractivity contribution in [3.05, 3.63) is 41.0 Å². The molecule has 3 rings (SSSR count). The highest BCUT2D eigenvalue weighted by molar-refractivity contribution is 7.13. The van der Waals surface area contributed by atoms with E-state index in [4.69, 9.17) is 16.3 Å². The van der Waals surface area contributed by atoms with Crippen molar-refractivity contribution in [2.45, 2.75) is 97.4 Å². The molecule has 1 aliphatic rings. The van der Waals surface area contributed by atoms with Crippen LogP contribution in [0.1, 0.15) is 77.0 Å². The number of nitrogens with zero attached hydrogens (tertiary/aromatic N) is 2. The maximum Gasteiger partial charge on any atom is 0.246 e. The van der Waals surface area contributed by atoms with Crippen molar-refractivity contribution in [3.8, 4) is 10.4 Å². The van der Waals surface area contributed by atoms with E-state index in [-0.39, 0.29) is 30.7 Å². The van der Waals surface area contributed by atoms with Crippen LogP contribution in [-0.4, -0.2) is 76.5 Å². The number of aliphatic hydroxyl groups is 1. The molecule has 3 atom stereocenters. The van der Waals surface area contributed by atoms with Crippen molar-refractivity contribution < 1.29 is 24.2 Å². The number of β-amino-alcohol motifs (C(OH)–C–C–N with tert-alkyl or cyclic N) is 1. The van der Waals surface area contributed by atoms with Crippen LogP contribution in [0.2, 0.25) is 0 Å². The minimum Gasteiger partial charge on any atom is -0.391 e. The molecule has 43 heavy (non-hydrogen) atoms. The molecule has 1 aromatic carbocycles. The number of carbonyl (C=O) groups excluding carboxylic acids is 3. The number of thiazole rings is 1. The van der Waals surface area contributed by atoms with E-state index in [0.29, 0.717) is 32.1 Å². The number of hydrogen-bond donors (Lipinski definition) is 3. The number of halogens is 1. The van der Waals surface area contributed by atoms with Crippen LogP contribution in [-0.2, 0) is 25.7 Å². The lowest BCUT2D eigenvalue weighted by atomic mass is 9.85. The van der Waals surface area contributed by atoms with E-state index in [1.54, 1.807) is 11.3 Å². The summed E-state index contributed by atoms with van der Waals surface area (Å²) in [5.74, 6) is -0.349. The van der Waals surface area contributed by atoms with Crippen LogP contribution in [0.4, 0.5) is 0 Å². The summed E-state index contributed by atoms with van der Waals surface area (Å²) in [5.41, 5.74) is 4.22. The summed E-state index contributed by atoms with van der Waals surface area (Å²) < 4.78 is 5.37. The Bertz CT molecular complexity index is 1180. The number of unbranched alkanes of at least 4 members (excludes halogenated alkanes) is 4. The van der Waals surface area contributed by atoms with Crippen LogP contribution in [0, 0.1) is 12.3 Å². The average molecular weight is 635 g/mol. The van der Waals surface area contributed by atoms with Crippen molar-refractivity contribution in [2.75, 3.05) is 25.6 Å². The number of rotatable bonds is 16. The Kier molecular flexibility index (Phi) is 13.9. The van der Waals surface area contributed by atoms with Crippen LogP contribution >= 0.6 is 22.9 Å². The number of aryl methyl sites for hydroxylation is 1. The SMILES string of the molecule is Cc1ncsc1-c1ccc(CNC(=O)[C@@H]2C[C@@H](O)CN2C(=O)[C@@H](NC(=O)CCCCCCCOCCCl)C(C)(C)C)cc1. The first-order valence-electron chi connectivity index (χ1n) is 15.2. The molecule has 0 spiro atoms. The molecule has 3 amide bonds. The molecule has 0 unspecified atom stereocenters. The predicted octanol–water partition coefficient (Wildman–Crippen LogP) is 4.82. The zero-order chi connectivity index (χ0) is 31.4. The van der Waals surface area contributed by atoms with Gasteiger partial charge in [-0.2, -0.15) is 0 Å². The quantitative estimate of drug-likeness (QED) is 0.180. The number of likely N-dealkylation sites (tertiary alicyclic amines) is 1. The summed E-state index contributed by atoms with van der Waals surface area (Å²) in [6.45, 7) is 9.27. The average Bonchev–Trinajstić information content (AvgIpc) is 3.58. The largest absolute Gasteiger partial charge is 0.391 e.